The van der Waals surface area contributed by atoms with E-state index in [1.54, 1.807) is 11.3 Å². The van der Waals surface area contributed by atoms with E-state index in [-0.39, 0.29) is 5.48 Å². The monoisotopic (exact) mass is 179 g/mol. The summed E-state index contributed by atoms with van der Waals surface area (Å²) in [7, 11) is 0. The number of aromatic nitrogens is 1. The van der Waals surface area contributed by atoms with E-state index < -0.39 is 0 Å². The second kappa shape index (κ2) is 3.99. The number of hydrogen-bond donors (Lipinski definition) is 0. The van der Waals surface area contributed by atoms with Crippen molar-refractivity contribution in [1.82, 2.24) is 4.98 Å². The zero-order valence-corrected chi connectivity index (χ0v) is 7.21. The smallest absolute Gasteiger partial charge is 0.0801 e. The number of nitrogens with zero attached hydrogens (tertiary/aromatic N) is 1. The zero-order valence-electron chi connectivity index (χ0n) is 6.40. The molecule has 2 rings (SSSR count). The van der Waals surface area contributed by atoms with Gasteiger partial charge in [-0.15, -0.1) is 11.3 Å². The van der Waals surface area contributed by atoms with Crippen molar-refractivity contribution in [3.05, 3.63) is 41.9 Å². The van der Waals surface area contributed by atoms with Crippen molar-refractivity contribution in [3.8, 4) is 10.6 Å². The Morgan fingerprint density at radius 3 is 2.58 bits per heavy atom. The van der Waals surface area contributed by atoms with Crippen LogP contribution in [-0.4, -0.2) is 10.5 Å². The first-order valence-corrected chi connectivity index (χ1v) is 4.30. The first kappa shape index (κ1) is 8.90. The van der Waals surface area contributed by atoms with Crippen LogP contribution in [0.5, 0.6) is 0 Å². The van der Waals surface area contributed by atoms with Crippen molar-refractivity contribution < 1.29 is 5.48 Å². The normalized spacial score (nSPS) is 9.00. The van der Waals surface area contributed by atoms with Gasteiger partial charge in [0.1, 0.15) is 0 Å². The van der Waals surface area contributed by atoms with E-state index in [1.165, 1.54) is 4.88 Å². The molecule has 0 bridgehead atoms. The third kappa shape index (κ3) is 1.69. The van der Waals surface area contributed by atoms with Crippen molar-refractivity contribution in [1.29, 1.82) is 0 Å². The highest BCUT2D eigenvalue weighted by Gasteiger charge is 1.95. The van der Waals surface area contributed by atoms with Crippen LogP contribution in [-0.2, 0) is 0 Å². The van der Waals surface area contributed by atoms with E-state index in [1.807, 2.05) is 30.5 Å². The summed E-state index contributed by atoms with van der Waals surface area (Å²) >= 11 is 1.71. The Morgan fingerprint density at radius 1 is 1.08 bits per heavy atom. The lowest BCUT2D eigenvalue weighted by Gasteiger charge is -1.92. The van der Waals surface area contributed by atoms with Crippen LogP contribution < -0.4 is 0 Å². The molecule has 0 amide bonds. The Labute approximate surface area is 74.8 Å². The molecule has 0 spiro atoms. The third-order valence-electron chi connectivity index (χ3n) is 1.44. The van der Waals surface area contributed by atoms with Gasteiger partial charge in [-0.1, -0.05) is 12.1 Å². The molecule has 62 valence electrons. The van der Waals surface area contributed by atoms with Crippen molar-refractivity contribution in [3.63, 3.8) is 0 Å². The fourth-order valence-electron chi connectivity index (χ4n) is 0.933. The number of thiophene rings is 1. The van der Waals surface area contributed by atoms with E-state index >= 15 is 0 Å². The second-order valence-corrected chi connectivity index (χ2v) is 3.14. The predicted molar refractivity (Wildman–Crippen MR) is 51.2 cm³/mol. The summed E-state index contributed by atoms with van der Waals surface area (Å²) in [5, 5.41) is 2.06. The summed E-state index contributed by atoms with van der Waals surface area (Å²) in [4.78, 5) is 5.46. The highest BCUT2D eigenvalue weighted by molar-refractivity contribution is 7.13. The van der Waals surface area contributed by atoms with Crippen LogP contribution in [0.15, 0.2) is 41.9 Å². The highest BCUT2D eigenvalue weighted by Crippen LogP contribution is 2.21. The lowest BCUT2D eigenvalue weighted by Crippen LogP contribution is -1.75. The van der Waals surface area contributed by atoms with E-state index in [4.69, 9.17) is 0 Å². The Morgan fingerprint density at radius 2 is 2.00 bits per heavy atom. The zero-order chi connectivity index (χ0) is 7.52. The Balaban J connectivity index is 0.000000720. The quantitative estimate of drug-likeness (QED) is 0.660. The van der Waals surface area contributed by atoms with Crippen LogP contribution in [0.25, 0.3) is 10.6 Å². The molecular formula is C9H9NOS. The summed E-state index contributed by atoms with van der Waals surface area (Å²) in [6.07, 6.45) is 1.81. The maximum atomic E-state index is 4.23. The van der Waals surface area contributed by atoms with Gasteiger partial charge in [0.25, 0.3) is 0 Å². The van der Waals surface area contributed by atoms with Gasteiger partial charge in [-0.2, -0.15) is 0 Å². The van der Waals surface area contributed by atoms with Gasteiger partial charge in [0, 0.05) is 6.20 Å². The summed E-state index contributed by atoms with van der Waals surface area (Å²) in [6.45, 7) is 0. The molecular weight excluding hydrogens is 170 g/mol. The average molecular weight is 179 g/mol. The first-order valence-electron chi connectivity index (χ1n) is 3.42. The van der Waals surface area contributed by atoms with E-state index in [0.29, 0.717) is 0 Å². The maximum Gasteiger partial charge on any atom is 0.0801 e. The molecule has 0 aliphatic carbocycles. The molecule has 2 aromatic rings. The fraction of sp³-hybridized carbons (Fsp3) is 0. The third-order valence-corrected chi connectivity index (χ3v) is 2.33. The molecule has 0 aromatic carbocycles. The van der Waals surface area contributed by atoms with Gasteiger partial charge in [-0.3, -0.25) is 4.98 Å². The van der Waals surface area contributed by atoms with Crippen molar-refractivity contribution >= 4 is 11.3 Å². The molecule has 2 N–H and O–H groups in total. The van der Waals surface area contributed by atoms with Crippen LogP contribution in [0.4, 0.5) is 0 Å². The minimum Gasteiger partial charge on any atom is -0.412 e. The largest absolute Gasteiger partial charge is 0.412 e. The molecule has 0 unspecified atom stereocenters. The summed E-state index contributed by atoms with van der Waals surface area (Å²) in [5.41, 5.74) is 1.06. The summed E-state index contributed by atoms with van der Waals surface area (Å²) in [5.74, 6) is 0. The molecule has 2 nitrogen and oxygen atoms in total. The lowest BCUT2D eigenvalue weighted by atomic mass is 10.3. The average Bonchev–Trinajstić information content (AvgIpc) is 2.58. The SMILES string of the molecule is O.c1ccc(-c2cccs2)nc1. The van der Waals surface area contributed by atoms with Gasteiger partial charge in [0.05, 0.1) is 10.6 Å². The van der Waals surface area contributed by atoms with Crippen molar-refractivity contribution in [2.75, 3.05) is 0 Å². The molecule has 2 aromatic heterocycles. The molecule has 0 fully saturated rings. The predicted octanol–water partition coefficient (Wildman–Crippen LogP) is 1.99. The maximum absolute atomic E-state index is 4.23. The summed E-state index contributed by atoms with van der Waals surface area (Å²) in [6, 6.07) is 10.1. The number of hydrogen-bond acceptors (Lipinski definition) is 2. The standard InChI is InChI=1S/C9H7NS.H2O/c1-2-6-10-8(4-1)9-5-3-7-11-9;/h1-7H;1H2. The van der Waals surface area contributed by atoms with Gasteiger partial charge >= 0.3 is 0 Å². The molecule has 0 atom stereocenters. The van der Waals surface area contributed by atoms with Gasteiger partial charge < -0.3 is 5.48 Å². The Bertz CT molecular complexity index is 318. The van der Waals surface area contributed by atoms with E-state index in [9.17, 15) is 0 Å². The molecule has 0 aliphatic rings. The molecule has 0 aliphatic heterocycles. The molecule has 2 heterocycles. The first-order chi connectivity index (χ1) is 5.47. The second-order valence-electron chi connectivity index (χ2n) is 2.19. The minimum absolute atomic E-state index is 0. The molecule has 0 saturated heterocycles. The van der Waals surface area contributed by atoms with E-state index in [2.05, 4.69) is 16.4 Å². The highest BCUT2D eigenvalue weighted by atomic mass is 32.1. The van der Waals surface area contributed by atoms with Gasteiger partial charge in [0.15, 0.2) is 0 Å². The van der Waals surface area contributed by atoms with Gasteiger partial charge in [-0.05, 0) is 23.6 Å². The summed E-state index contributed by atoms with van der Waals surface area (Å²) < 4.78 is 0. The van der Waals surface area contributed by atoms with Crippen molar-refractivity contribution in [2.45, 2.75) is 0 Å². The van der Waals surface area contributed by atoms with Crippen molar-refractivity contribution in [2.24, 2.45) is 0 Å². The Kier molecular flexibility index (Phi) is 2.96. The number of rotatable bonds is 1. The van der Waals surface area contributed by atoms with E-state index in [0.717, 1.165) is 5.69 Å². The Hall–Kier alpha value is -1.19. The minimum atomic E-state index is 0. The molecule has 0 saturated carbocycles. The number of pyridine rings is 1. The topological polar surface area (TPSA) is 44.4 Å². The fourth-order valence-corrected chi connectivity index (χ4v) is 1.64. The lowest BCUT2D eigenvalue weighted by molar-refractivity contribution is 0.824. The van der Waals surface area contributed by atoms with Crippen LogP contribution in [0.2, 0.25) is 0 Å². The van der Waals surface area contributed by atoms with Crippen LogP contribution in [0.3, 0.4) is 0 Å². The van der Waals surface area contributed by atoms with Crippen LogP contribution in [0, 0.1) is 0 Å². The van der Waals surface area contributed by atoms with Gasteiger partial charge in [0.2, 0.25) is 0 Å². The van der Waals surface area contributed by atoms with Gasteiger partial charge in [-0.25, -0.2) is 0 Å². The molecule has 12 heavy (non-hydrogen) atoms. The molecule has 0 radical (unpaired) electrons. The van der Waals surface area contributed by atoms with Crippen LogP contribution >= 0.6 is 11.3 Å². The van der Waals surface area contributed by atoms with Crippen LogP contribution in [0.1, 0.15) is 0 Å². The molecule has 3 heteroatoms.